The zero-order valence-electron chi connectivity index (χ0n) is 11.9. The van der Waals surface area contributed by atoms with Crippen LogP contribution in [-0.4, -0.2) is 26.4 Å². The smallest absolute Gasteiger partial charge is 0.0832 e. The van der Waals surface area contributed by atoms with E-state index in [-0.39, 0.29) is 6.04 Å². The van der Waals surface area contributed by atoms with Gasteiger partial charge in [-0.05, 0) is 30.9 Å². The van der Waals surface area contributed by atoms with Crippen molar-refractivity contribution in [2.75, 3.05) is 7.05 Å². The zero-order chi connectivity index (χ0) is 13.8. The summed E-state index contributed by atoms with van der Waals surface area (Å²) in [5, 5.41) is 12.0. The molecule has 2 aromatic rings. The van der Waals surface area contributed by atoms with Crippen molar-refractivity contribution in [2.24, 2.45) is 0 Å². The maximum absolute atomic E-state index is 4.40. The van der Waals surface area contributed by atoms with E-state index in [1.54, 1.807) is 0 Å². The summed E-state index contributed by atoms with van der Waals surface area (Å²) in [6.07, 6.45) is 5.12. The van der Waals surface area contributed by atoms with Crippen LogP contribution >= 0.6 is 11.5 Å². The highest BCUT2D eigenvalue weighted by Crippen LogP contribution is 2.30. The van der Waals surface area contributed by atoms with Gasteiger partial charge in [-0.3, -0.25) is 4.68 Å². The Morgan fingerprint density at radius 2 is 2.21 bits per heavy atom. The van der Waals surface area contributed by atoms with Crippen molar-refractivity contribution < 1.29 is 0 Å². The monoisotopic (exact) mass is 279 g/mol. The fraction of sp³-hybridized carbons (Fsp3) is 0.615. The van der Waals surface area contributed by atoms with Crippen LogP contribution in [0.2, 0.25) is 0 Å². The zero-order valence-corrected chi connectivity index (χ0v) is 12.7. The average molecular weight is 279 g/mol. The predicted octanol–water partition coefficient (Wildman–Crippen LogP) is 2.58. The quantitative estimate of drug-likeness (QED) is 0.883. The van der Waals surface area contributed by atoms with E-state index in [1.807, 2.05) is 17.9 Å². The minimum absolute atomic E-state index is 0.128. The van der Waals surface area contributed by atoms with Gasteiger partial charge in [0, 0.05) is 18.3 Å². The molecule has 104 valence electrons. The summed E-state index contributed by atoms with van der Waals surface area (Å²) in [6, 6.07) is 0.128. The first-order valence-electron chi connectivity index (χ1n) is 6.69. The van der Waals surface area contributed by atoms with Crippen LogP contribution in [0.4, 0.5) is 0 Å². The largest absolute Gasteiger partial charge is 0.308 e. The molecule has 0 saturated heterocycles. The molecule has 2 heterocycles. The lowest BCUT2D eigenvalue weighted by Crippen LogP contribution is -2.18. The molecule has 1 N–H and O–H groups in total. The molecule has 0 bridgehead atoms. The van der Waals surface area contributed by atoms with E-state index in [9.17, 15) is 0 Å². The van der Waals surface area contributed by atoms with Crippen LogP contribution in [0.1, 0.15) is 55.3 Å². The van der Waals surface area contributed by atoms with Crippen molar-refractivity contribution in [1.29, 1.82) is 0 Å². The van der Waals surface area contributed by atoms with Gasteiger partial charge in [0.15, 0.2) is 0 Å². The molecule has 1 unspecified atom stereocenters. The van der Waals surface area contributed by atoms with E-state index in [0.29, 0.717) is 5.92 Å². The average Bonchev–Trinajstić information content (AvgIpc) is 3.00. The summed E-state index contributed by atoms with van der Waals surface area (Å²) < 4.78 is 6.09. The van der Waals surface area contributed by atoms with Gasteiger partial charge < -0.3 is 5.32 Å². The molecule has 2 rings (SSSR count). The van der Waals surface area contributed by atoms with Crippen molar-refractivity contribution in [3.05, 3.63) is 28.5 Å². The molecule has 0 spiro atoms. The highest BCUT2D eigenvalue weighted by molar-refractivity contribution is 7.05. The molecule has 0 aliphatic carbocycles. The van der Waals surface area contributed by atoms with Crippen LogP contribution in [0.5, 0.6) is 0 Å². The van der Waals surface area contributed by atoms with E-state index in [1.165, 1.54) is 22.0 Å². The molecule has 5 nitrogen and oxygen atoms in total. The number of nitrogens with zero attached hydrogens (tertiary/aromatic N) is 4. The summed E-state index contributed by atoms with van der Waals surface area (Å²) in [5.74, 6) is 0.385. The molecule has 0 aliphatic rings. The number of aryl methyl sites for hydroxylation is 1. The van der Waals surface area contributed by atoms with Gasteiger partial charge in [0.25, 0.3) is 0 Å². The Hall–Kier alpha value is -1.27. The highest BCUT2D eigenvalue weighted by atomic mass is 32.1. The lowest BCUT2D eigenvalue weighted by atomic mass is 10.0. The first-order valence-corrected chi connectivity index (χ1v) is 7.46. The fourth-order valence-electron chi connectivity index (χ4n) is 2.13. The second-order valence-electron chi connectivity index (χ2n) is 4.94. The molecule has 6 heteroatoms. The van der Waals surface area contributed by atoms with Crippen molar-refractivity contribution in [3.8, 4) is 0 Å². The van der Waals surface area contributed by atoms with Crippen molar-refractivity contribution in [3.63, 3.8) is 0 Å². The molecule has 0 radical (unpaired) electrons. The molecule has 0 aliphatic heterocycles. The molecule has 1 atom stereocenters. The van der Waals surface area contributed by atoms with Crippen LogP contribution < -0.4 is 5.32 Å². The maximum Gasteiger partial charge on any atom is 0.0832 e. The Kier molecular flexibility index (Phi) is 4.66. The molecule has 0 saturated carbocycles. The Morgan fingerprint density at radius 3 is 2.84 bits per heavy atom. The molecule has 0 aromatic carbocycles. The van der Waals surface area contributed by atoms with Gasteiger partial charge in [0.1, 0.15) is 0 Å². The van der Waals surface area contributed by atoms with Gasteiger partial charge >= 0.3 is 0 Å². The van der Waals surface area contributed by atoms with Crippen LogP contribution in [-0.2, 0) is 6.54 Å². The third kappa shape index (κ3) is 3.01. The molecule has 2 aromatic heterocycles. The van der Waals surface area contributed by atoms with Gasteiger partial charge in [-0.1, -0.05) is 25.3 Å². The predicted molar refractivity (Wildman–Crippen MR) is 77.4 cm³/mol. The Balaban J connectivity index is 2.30. The minimum Gasteiger partial charge on any atom is -0.308 e. The third-order valence-electron chi connectivity index (χ3n) is 3.08. The molecule has 0 amide bonds. The minimum atomic E-state index is 0.128. The number of rotatable bonds is 6. The van der Waals surface area contributed by atoms with Crippen LogP contribution in [0, 0.1) is 0 Å². The van der Waals surface area contributed by atoms with Gasteiger partial charge in [-0.15, -0.1) is 5.10 Å². The lowest BCUT2D eigenvalue weighted by molar-refractivity contribution is 0.600. The third-order valence-corrected chi connectivity index (χ3v) is 3.88. The van der Waals surface area contributed by atoms with E-state index in [0.717, 1.165) is 18.7 Å². The van der Waals surface area contributed by atoms with Gasteiger partial charge in [-0.25, -0.2) is 0 Å². The lowest BCUT2D eigenvalue weighted by Gasteiger charge is -2.14. The van der Waals surface area contributed by atoms with Gasteiger partial charge in [-0.2, -0.15) is 5.10 Å². The number of nitrogens with one attached hydrogen (secondary N) is 1. The standard InChI is InChI=1S/C13H21N5S/c1-5-6-18-8-10(7-15-18)12(14-4)13-11(9(2)3)16-17-19-13/h7-9,12,14H,5-6H2,1-4H3. The normalized spacial score (nSPS) is 13.1. The fourth-order valence-corrected chi connectivity index (χ4v) is 3.08. The first-order chi connectivity index (χ1) is 9.17. The van der Waals surface area contributed by atoms with Crippen LogP contribution in [0.25, 0.3) is 0 Å². The molecular weight excluding hydrogens is 258 g/mol. The summed E-state index contributed by atoms with van der Waals surface area (Å²) in [7, 11) is 1.96. The van der Waals surface area contributed by atoms with E-state index in [2.05, 4.69) is 47.0 Å². The summed E-state index contributed by atoms with van der Waals surface area (Å²) in [5.41, 5.74) is 2.25. The number of aromatic nitrogens is 4. The Labute approximate surface area is 118 Å². The van der Waals surface area contributed by atoms with Crippen molar-refractivity contribution in [2.45, 2.75) is 45.7 Å². The first kappa shape index (κ1) is 14.1. The molecule has 19 heavy (non-hydrogen) atoms. The van der Waals surface area contributed by atoms with Crippen molar-refractivity contribution in [1.82, 2.24) is 24.7 Å². The second-order valence-corrected chi connectivity index (χ2v) is 5.72. The maximum atomic E-state index is 4.40. The molecular formula is C13H21N5S. The summed E-state index contributed by atoms with van der Waals surface area (Å²) >= 11 is 1.47. The number of hydrogen-bond donors (Lipinski definition) is 1. The topological polar surface area (TPSA) is 55.6 Å². The van der Waals surface area contributed by atoms with Crippen molar-refractivity contribution >= 4 is 11.5 Å². The number of hydrogen-bond acceptors (Lipinski definition) is 5. The van der Waals surface area contributed by atoms with E-state index < -0.39 is 0 Å². The highest BCUT2D eigenvalue weighted by Gasteiger charge is 2.22. The second kappa shape index (κ2) is 6.25. The Morgan fingerprint density at radius 1 is 1.42 bits per heavy atom. The van der Waals surface area contributed by atoms with Gasteiger partial charge in [0.05, 0.1) is 22.8 Å². The Bertz CT molecular complexity index is 517. The van der Waals surface area contributed by atoms with E-state index >= 15 is 0 Å². The SMILES string of the molecule is CCCn1cc(C(NC)c2snnc2C(C)C)cn1. The molecule has 0 fully saturated rings. The van der Waals surface area contributed by atoms with Gasteiger partial charge in [0.2, 0.25) is 0 Å². The summed E-state index contributed by atoms with van der Waals surface area (Å²) in [4.78, 5) is 1.19. The van der Waals surface area contributed by atoms with Crippen LogP contribution in [0.3, 0.4) is 0 Å². The van der Waals surface area contributed by atoms with Crippen LogP contribution in [0.15, 0.2) is 12.4 Å². The summed E-state index contributed by atoms with van der Waals surface area (Å²) in [6.45, 7) is 7.40. The van der Waals surface area contributed by atoms with E-state index in [4.69, 9.17) is 0 Å².